The largest absolute Gasteiger partial charge is 0.466 e. The number of esters is 2. The Labute approximate surface area is 261 Å². The minimum atomic E-state index is -0.322. The lowest BCUT2D eigenvalue weighted by Crippen LogP contribution is -2.43. The van der Waals surface area contributed by atoms with Gasteiger partial charge in [-0.3, -0.25) is 9.59 Å². The van der Waals surface area contributed by atoms with E-state index in [9.17, 15) is 9.59 Å². The molecule has 2 aromatic carbocycles. The summed E-state index contributed by atoms with van der Waals surface area (Å²) in [5, 5.41) is 0. The molecule has 0 N–H and O–H groups in total. The molecule has 6 nitrogen and oxygen atoms in total. The Morgan fingerprint density at radius 1 is 0.698 bits per heavy atom. The highest BCUT2D eigenvalue weighted by molar-refractivity contribution is 5.77. The van der Waals surface area contributed by atoms with E-state index in [4.69, 9.17) is 9.47 Å². The zero-order valence-electron chi connectivity index (χ0n) is 28.3. The summed E-state index contributed by atoms with van der Waals surface area (Å²) in [6.07, 6.45) is 3.49. The maximum Gasteiger partial charge on any atom is 0.311 e. The molecule has 0 bridgehead atoms. The first kappa shape index (κ1) is 34.5. The Bertz CT molecular complexity index is 1160. The van der Waals surface area contributed by atoms with E-state index in [0.717, 1.165) is 51.9 Å². The van der Waals surface area contributed by atoms with Crippen molar-refractivity contribution in [3.05, 3.63) is 59.7 Å². The highest BCUT2D eigenvalue weighted by atomic mass is 16.5. The maximum atomic E-state index is 12.1. The molecule has 6 heteroatoms. The third-order valence-electron chi connectivity index (χ3n) is 8.95. The van der Waals surface area contributed by atoms with Crippen molar-refractivity contribution in [3.8, 4) is 0 Å². The van der Waals surface area contributed by atoms with Gasteiger partial charge in [0.2, 0.25) is 0 Å². The number of ether oxygens (including phenoxy) is 2. The first-order valence-corrected chi connectivity index (χ1v) is 16.2. The smallest absolute Gasteiger partial charge is 0.311 e. The number of nitrogens with zero attached hydrogens (tertiary/aromatic N) is 2. The molecule has 0 unspecified atom stereocenters. The minimum Gasteiger partial charge on any atom is -0.466 e. The van der Waals surface area contributed by atoms with Gasteiger partial charge in [-0.2, -0.15) is 0 Å². The molecule has 2 heterocycles. The number of hydrogen-bond acceptors (Lipinski definition) is 6. The molecule has 0 saturated carbocycles. The van der Waals surface area contributed by atoms with E-state index in [1.807, 2.05) is 20.8 Å². The van der Waals surface area contributed by atoms with Crippen LogP contribution < -0.4 is 9.80 Å². The van der Waals surface area contributed by atoms with Crippen LogP contribution in [-0.2, 0) is 29.9 Å². The van der Waals surface area contributed by atoms with Crippen molar-refractivity contribution in [2.45, 2.75) is 98.8 Å². The van der Waals surface area contributed by atoms with Crippen LogP contribution in [0.4, 0.5) is 11.4 Å². The lowest BCUT2D eigenvalue weighted by Gasteiger charge is -2.38. The molecule has 2 saturated heterocycles. The summed E-state index contributed by atoms with van der Waals surface area (Å²) in [5.41, 5.74) is 5.26. The average Bonchev–Trinajstić information content (AvgIpc) is 2.97. The second kappa shape index (κ2) is 14.6. The van der Waals surface area contributed by atoms with Gasteiger partial charge in [0.25, 0.3) is 0 Å². The van der Waals surface area contributed by atoms with E-state index in [-0.39, 0.29) is 34.1 Å². The Balaban J connectivity index is 0.000000236. The number of rotatable bonds is 6. The molecule has 0 atom stereocenters. The molecule has 0 radical (unpaired) electrons. The molecule has 43 heavy (non-hydrogen) atoms. The van der Waals surface area contributed by atoms with Crippen molar-refractivity contribution in [3.63, 3.8) is 0 Å². The molecular formula is C37H56N2O4. The highest BCUT2D eigenvalue weighted by Gasteiger charge is 2.38. The highest BCUT2D eigenvalue weighted by Crippen LogP contribution is 2.35. The topological polar surface area (TPSA) is 59.1 Å². The van der Waals surface area contributed by atoms with Gasteiger partial charge >= 0.3 is 11.9 Å². The number of carbonyl (C=O) groups excluding carboxylic acids is 2. The fourth-order valence-corrected chi connectivity index (χ4v) is 5.75. The van der Waals surface area contributed by atoms with Gasteiger partial charge in [0.15, 0.2) is 0 Å². The summed E-state index contributed by atoms with van der Waals surface area (Å²) in [4.78, 5) is 28.6. The van der Waals surface area contributed by atoms with E-state index in [1.165, 1.54) is 22.5 Å². The van der Waals surface area contributed by atoms with Gasteiger partial charge in [0, 0.05) is 37.6 Å². The van der Waals surface area contributed by atoms with Crippen molar-refractivity contribution >= 4 is 23.3 Å². The van der Waals surface area contributed by atoms with E-state index in [0.29, 0.717) is 13.2 Å². The molecule has 0 spiro atoms. The Morgan fingerprint density at radius 3 is 1.47 bits per heavy atom. The van der Waals surface area contributed by atoms with Crippen molar-refractivity contribution in [2.24, 2.45) is 11.3 Å². The third-order valence-corrected chi connectivity index (χ3v) is 8.95. The molecule has 0 aromatic heterocycles. The summed E-state index contributed by atoms with van der Waals surface area (Å²) in [6.45, 7) is 23.8. The number of piperidine rings is 2. The fraction of sp³-hybridized carbons (Fsp3) is 0.622. The molecule has 2 aliphatic rings. The molecular weight excluding hydrogens is 536 g/mol. The summed E-state index contributed by atoms with van der Waals surface area (Å²) < 4.78 is 10.3. The minimum absolute atomic E-state index is 0.0276. The first-order valence-electron chi connectivity index (χ1n) is 16.2. The van der Waals surface area contributed by atoms with E-state index < -0.39 is 0 Å². The van der Waals surface area contributed by atoms with Crippen LogP contribution in [0.5, 0.6) is 0 Å². The summed E-state index contributed by atoms with van der Waals surface area (Å²) >= 11 is 0. The maximum absolute atomic E-state index is 12.1. The van der Waals surface area contributed by atoms with Crippen LogP contribution in [-0.4, -0.2) is 51.3 Å². The van der Waals surface area contributed by atoms with Gasteiger partial charge in [-0.15, -0.1) is 0 Å². The Morgan fingerprint density at radius 2 is 1.09 bits per heavy atom. The van der Waals surface area contributed by atoms with Crippen molar-refractivity contribution in [2.75, 3.05) is 49.2 Å². The van der Waals surface area contributed by atoms with Gasteiger partial charge < -0.3 is 19.3 Å². The third kappa shape index (κ3) is 9.48. The second-order valence-electron chi connectivity index (χ2n) is 14.4. The zero-order valence-corrected chi connectivity index (χ0v) is 28.3. The van der Waals surface area contributed by atoms with Gasteiger partial charge in [0.1, 0.15) is 0 Å². The summed E-state index contributed by atoms with van der Waals surface area (Å²) in [5.74, 6) is 0.00742. The predicted molar refractivity (Wildman–Crippen MR) is 178 cm³/mol. The van der Waals surface area contributed by atoms with Crippen LogP contribution >= 0.6 is 0 Å². The van der Waals surface area contributed by atoms with Crippen LogP contribution in [0.3, 0.4) is 0 Å². The lowest BCUT2D eigenvalue weighted by molar-refractivity contribution is -0.155. The van der Waals surface area contributed by atoms with E-state index >= 15 is 0 Å². The van der Waals surface area contributed by atoms with Gasteiger partial charge in [-0.1, -0.05) is 65.8 Å². The molecule has 0 amide bonds. The molecule has 238 valence electrons. The SMILES string of the molecule is CCOC(=O)C1(C)CCN(c2ccc(C(C)(C)C)cc2)CC1.CCOC(=O)C1CCN(c2ccc(C(C)(C)C)cc2)CC1. The molecule has 4 rings (SSSR count). The fourth-order valence-electron chi connectivity index (χ4n) is 5.75. The Hall–Kier alpha value is -3.02. The molecule has 0 aliphatic carbocycles. The quantitative estimate of drug-likeness (QED) is 0.318. The van der Waals surface area contributed by atoms with E-state index in [2.05, 4.69) is 99.9 Å². The second-order valence-corrected chi connectivity index (χ2v) is 14.4. The van der Waals surface area contributed by atoms with Crippen LogP contribution in [0.1, 0.15) is 99.1 Å². The Kier molecular flexibility index (Phi) is 11.7. The first-order chi connectivity index (χ1) is 20.2. The van der Waals surface area contributed by atoms with E-state index in [1.54, 1.807) is 0 Å². The number of carbonyl (C=O) groups is 2. The van der Waals surface area contributed by atoms with Crippen LogP contribution in [0.25, 0.3) is 0 Å². The van der Waals surface area contributed by atoms with Crippen LogP contribution in [0.2, 0.25) is 0 Å². The van der Waals surface area contributed by atoms with Crippen LogP contribution in [0.15, 0.2) is 48.5 Å². The van der Waals surface area contributed by atoms with Gasteiger partial charge in [0.05, 0.1) is 24.5 Å². The van der Waals surface area contributed by atoms with Gasteiger partial charge in [-0.25, -0.2) is 0 Å². The lowest BCUT2D eigenvalue weighted by atomic mass is 9.80. The van der Waals surface area contributed by atoms with Gasteiger partial charge in [-0.05, 0) is 92.7 Å². The normalized spacial score (nSPS) is 17.5. The summed E-state index contributed by atoms with van der Waals surface area (Å²) in [7, 11) is 0. The predicted octanol–water partition coefficient (Wildman–Crippen LogP) is 7.92. The average molecular weight is 593 g/mol. The molecule has 2 aromatic rings. The standard InChI is InChI=1S/C19H29NO2.C18H27NO2/c1-6-22-17(21)19(5)11-13-20(14-12-19)16-9-7-15(8-10-16)18(2,3)4;1-5-21-17(20)14-10-12-19(13-11-14)16-8-6-15(7-9-16)18(2,3)4/h7-10H,6,11-14H2,1-5H3;6-9,14H,5,10-13H2,1-4H3. The van der Waals surface area contributed by atoms with Crippen LogP contribution in [0, 0.1) is 11.3 Å². The van der Waals surface area contributed by atoms with Crippen molar-refractivity contribution < 1.29 is 19.1 Å². The number of hydrogen-bond donors (Lipinski definition) is 0. The number of anilines is 2. The number of benzene rings is 2. The molecule has 2 aliphatic heterocycles. The monoisotopic (exact) mass is 592 g/mol. The van der Waals surface area contributed by atoms with Crippen molar-refractivity contribution in [1.29, 1.82) is 0 Å². The zero-order chi connectivity index (χ0) is 31.8. The summed E-state index contributed by atoms with van der Waals surface area (Å²) in [6, 6.07) is 17.7. The molecule has 2 fully saturated rings. The van der Waals surface area contributed by atoms with Crippen molar-refractivity contribution in [1.82, 2.24) is 0 Å².